The van der Waals surface area contributed by atoms with Gasteiger partial charge in [0.1, 0.15) is 0 Å². The van der Waals surface area contributed by atoms with Crippen LogP contribution >= 0.6 is 11.6 Å². The largest absolute Gasteiger partial charge is 0.295 e. The fraction of sp³-hybridized carbons (Fsp3) is 0.625. The zero-order valence-electron chi connectivity index (χ0n) is 5.64. The maximum absolute atomic E-state index is 11.1. The van der Waals surface area contributed by atoms with Gasteiger partial charge in [0.05, 0.1) is 0 Å². The molecule has 0 aromatic carbocycles. The molecule has 0 unspecified atom stereocenters. The van der Waals surface area contributed by atoms with Crippen LogP contribution in [0.25, 0.3) is 0 Å². The standard InChI is InChI=1S/C8H9ClO/c9-7-4-8(10)6-2-1-5(7)3-6/h4-6H,1-3H2/t5-,6+/m0/s1. The van der Waals surface area contributed by atoms with E-state index in [0.29, 0.717) is 11.8 Å². The van der Waals surface area contributed by atoms with Crippen molar-refractivity contribution in [2.45, 2.75) is 19.3 Å². The molecular formula is C8H9ClO. The van der Waals surface area contributed by atoms with E-state index < -0.39 is 0 Å². The first-order valence-corrected chi connectivity index (χ1v) is 4.06. The summed E-state index contributed by atoms with van der Waals surface area (Å²) in [5, 5.41) is 0.791. The number of fused-ring (bicyclic) bond motifs is 2. The van der Waals surface area contributed by atoms with Crippen LogP contribution in [0.2, 0.25) is 0 Å². The molecule has 10 heavy (non-hydrogen) atoms. The third-order valence-electron chi connectivity index (χ3n) is 2.51. The maximum atomic E-state index is 11.1. The lowest BCUT2D eigenvalue weighted by Crippen LogP contribution is -2.13. The second-order valence-electron chi connectivity index (χ2n) is 3.14. The van der Waals surface area contributed by atoms with Crippen molar-refractivity contribution in [2.75, 3.05) is 0 Å². The third kappa shape index (κ3) is 0.807. The summed E-state index contributed by atoms with van der Waals surface area (Å²) in [6, 6.07) is 0. The molecule has 2 bridgehead atoms. The monoisotopic (exact) mass is 156 g/mol. The van der Waals surface area contributed by atoms with Gasteiger partial charge in [-0.3, -0.25) is 4.79 Å². The van der Waals surface area contributed by atoms with Crippen LogP contribution < -0.4 is 0 Å². The average molecular weight is 157 g/mol. The lowest BCUT2D eigenvalue weighted by atomic mass is 9.94. The molecule has 1 saturated carbocycles. The lowest BCUT2D eigenvalue weighted by Gasteiger charge is -2.13. The minimum atomic E-state index is 0.249. The highest BCUT2D eigenvalue weighted by atomic mass is 35.5. The van der Waals surface area contributed by atoms with E-state index in [1.165, 1.54) is 0 Å². The van der Waals surface area contributed by atoms with Crippen LogP contribution in [-0.2, 0) is 4.79 Å². The number of rotatable bonds is 0. The molecule has 0 heterocycles. The topological polar surface area (TPSA) is 17.1 Å². The Kier molecular flexibility index (Phi) is 1.34. The fourth-order valence-electron chi connectivity index (χ4n) is 1.86. The molecule has 0 aromatic heterocycles. The van der Waals surface area contributed by atoms with Gasteiger partial charge in [0.2, 0.25) is 0 Å². The van der Waals surface area contributed by atoms with E-state index in [-0.39, 0.29) is 5.78 Å². The van der Waals surface area contributed by atoms with E-state index in [9.17, 15) is 4.79 Å². The molecule has 0 N–H and O–H groups in total. The quantitative estimate of drug-likeness (QED) is 0.525. The number of halogens is 1. The van der Waals surface area contributed by atoms with Crippen LogP contribution in [-0.4, -0.2) is 5.78 Å². The number of carbonyl (C=O) groups is 1. The van der Waals surface area contributed by atoms with Crippen molar-refractivity contribution >= 4 is 17.4 Å². The third-order valence-corrected chi connectivity index (χ3v) is 2.92. The molecule has 2 atom stereocenters. The highest BCUT2D eigenvalue weighted by Crippen LogP contribution is 2.41. The normalized spacial score (nSPS) is 38.1. The van der Waals surface area contributed by atoms with Crippen LogP contribution in [0, 0.1) is 11.8 Å². The van der Waals surface area contributed by atoms with Crippen LogP contribution in [0.1, 0.15) is 19.3 Å². The van der Waals surface area contributed by atoms with Gasteiger partial charge >= 0.3 is 0 Å². The van der Waals surface area contributed by atoms with Gasteiger partial charge in [-0.2, -0.15) is 0 Å². The van der Waals surface area contributed by atoms with Crippen molar-refractivity contribution in [2.24, 2.45) is 11.8 Å². The number of hydrogen-bond acceptors (Lipinski definition) is 1. The van der Waals surface area contributed by atoms with Crippen molar-refractivity contribution in [3.63, 3.8) is 0 Å². The first-order valence-electron chi connectivity index (χ1n) is 3.68. The van der Waals surface area contributed by atoms with Crippen molar-refractivity contribution in [1.82, 2.24) is 0 Å². The first-order chi connectivity index (χ1) is 4.77. The molecule has 0 amide bonds. The summed E-state index contributed by atoms with van der Waals surface area (Å²) >= 11 is 5.84. The molecule has 2 heteroatoms. The van der Waals surface area contributed by atoms with E-state index in [1.54, 1.807) is 6.08 Å². The van der Waals surface area contributed by atoms with Gasteiger partial charge in [0, 0.05) is 11.0 Å². The average Bonchev–Trinajstić information content (AvgIpc) is 2.28. The zero-order chi connectivity index (χ0) is 7.14. The minimum Gasteiger partial charge on any atom is -0.295 e. The van der Waals surface area contributed by atoms with Gasteiger partial charge in [-0.15, -0.1) is 0 Å². The summed E-state index contributed by atoms with van der Waals surface area (Å²) in [5.74, 6) is 1.08. The summed E-state index contributed by atoms with van der Waals surface area (Å²) in [7, 11) is 0. The molecule has 54 valence electrons. The smallest absolute Gasteiger partial charge is 0.159 e. The van der Waals surface area contributed by atoms with E-state index in [0.717, 1.165) is 24.3 Å². The van der Waals surface area contributed by atoms with Gasteiger partial charge in [-0.05, 0) is 31.3 Å². The van der Waals surface area contributed by atoms with Crippen LogP contribution in [0.3, 0.4) is 0 Å². The SMILES string of the molecule is O=C1C=C(Cl)[C@H]2CC[C@@H]1C2. The van der Waals surface area contributed by atoms with Gasteiger partial charge in [0.25, 0.3) is 0 Å². The molecule has 2 rings (SSSR count). The number of carbonyl (C=O) groups excluding carboxylic acids is 1. The van der Waals surface area contributed by atoms with E-state index in [2.05, 4.69) is 0 Å². The summed E-state index contributed by atoms with van der Waals surface area (Å²) in [6.07, 6.45) is 4.80. The van der Waals surface area contributed by atoms with Gasteiger partial charge < -0.3 is 0 Å². The van der Waals surface area contributed by atoms with Crippen molar-refractivity contribution in [1.29, 1.82) is 0 Å². The van der Waals surface area contributed by atoms with E-state index in [4.69, 9.17) is 11.6 Å². The molecule has 0 spiro atoms. The molecule has 2 aliphatic carbocycles. The molecule has 0 radical (unpaired) electrons. The Hall–Kier alpha value is -0.300. The van der Waals surface area contributed by atoms with Crippen LogP contribution in [0.15, 0.2) is 11.1 Å². The summed E-state index contributed by atoms with van der Waals surface area (Å²) in [5.41, 5.74) is 0. The minimum absolute atomic E-state index is 0.249. The highest BCUT2D eigenvalue weighted by Gasteiger charge is 2.34. The van der Waals surface area contributed by atoms with Gasteiger partial charge in [-0.1, -0.05) is 11.6 Å². The first kappa shape index (κ1) is 6.41. The molecule has 0 saturated heterocycles. The fourth-order valence-corrected chi connectivity index (χ4v) is 2.17. The number of hydrogen-bond donors (Lipinski definition) is 0. The Balaban J connectivity index is 2.33. The van der Waals surface area contributed by atoms with Gasteiger partial charge in [0.15, 0.2) is 5.78 Å². The van der Waals surface area contributed by atoms with Gasteiger partial charge in [-0.25, -0.2) is 0 Å². The van der Waals surface area contributed by atoms with Crippen molar-refractivity contribution < 1.29 is 4.79 Å². The second kappa shape index (κ2) is 2.09. The molecular weight excluding hydrogens is 148 g/mol. The Bertz CT molecular complexity index is 207. The molecule has 1 nitrogen and oxygen atoms in total. The predicted molar refractivity (Wildman–Crippen MR) is 39.8 cm³/mol. The second-order valence-corrected chi connectivity index (χ2v) is 3.57. The van der Waals surface area contributed by atoms with Crippen molar-refractivity contribution in [3.05, 3.63) is 11.1 Å². The maximum Gasteiger partial charge on any atom is 0.159 e. The van der Waals surface area contributed by atoms with Crippen molar-refractivity contribution in [3.8, 4) is 0 Å². The zero-order valence-corrected chi connectivity index (χ0v) is 6.40. The van der Waals surface area contributed by atoms with Crippen LogP contribution in [0.4, 0.5) is 0 Å². The van der Waals surface area contributed by atoms with E-state index in [1.807, 2.05) is 0 Å². The Morgan fingerprint density at radius 3 is 2.90 bits per heavy atom. The summed E-state index contributed by atoms with van der Waals surface area (Å²) in [4.78, 5) is 11.1. The summed E-state index contributed by atoms with van der Waals surface area (Å²) < 4.78 is 0. The van der Waals surface area contributed by atoms with Crippen LogP contribution in [0.5, 0.6) is 0 Å². The Morgan fingerprint density at radius 2 is 2.10 bits per heavy atom. The lowest BCUT2D eigenvalue weighted by molar-refractivity contribution is -0.118. The number of ketones is 1. The molecule has 2 aliphatic rings. The number of allylic oxidation sites excluding steroid dienone is 2. The highest BCUT2D eigenvalue weighted by molar-refractivity contribution is 6.31. The summed E-state index contributed by atoms with van der Waals surface area (Å²) in [6.45, 7) is 0. The van der Waals surface area contributed by atoms with E-state index >= 15 is 0 Å². The predicted octanol–water partition coefficient (Wildman–Crippen LogP) is 2.11. The molecule has 0 aliphatic heterocycles. The molecule has 1 fully saturated rings. The Labute approximate surface area is 65.1 Å². The Morgan fingerprint density at radius 1 is 1.40 bits per heavy atom. The molecule has 0 aromatic rings.